The molecule has 136 valence electrons. The van der Waals surface area contributed by atoms with Crippen molar-refractivity contribution in [3.8, 4) is 0 Å². The first kappa shape index (κ1) is 17.1. The highest BCUT2D eigenvalue weighted by atomic mass is 19.1. The Bertz CT molecular complexity index is 1050. The van der Waals surface area contributed by atoms with Crippen molar-refractivity contribution in [3.05, 3.63) is 66.0 Å². The lowest BCUT2D eigenvalue weighted by Crippen LogP contribution is -2.28. The quantitative estimate of drug-likeness (QED) is 0.772. The van der Waals surface area contributed by atoms with E-state index >= 15 is 0 Å². The third-order valence-electron chi connectivity index (χ3n) is 4.74. The van der Waals surface area contributed by atoms with Crippen molar-refractivity contribution < 1.29 is 14.0 Å². The van der Waals surface area contributed by atoms with E-state index in [0.29, 0.717) is 5.82 Å². The molecule has 1 fully saturated rings. The molecule has 2 amide bonds. The van der Waals surface area contributed by atoms with Gasteiger partial charge in [0.15, 0.2) is 0 Å². The second-order valence-electron chi connectivity index (χ2n) is 6.74. The highest BCUT2D eigenvalue weighted by molar-refractivity contribution is 6.03. The maximum absolute atomic E-state index is 14.2. The minimum Gasteiger partial charge on any atom is -0.310 e. The van der Waals surface area contributed by atoms with Gasteiger partial charge in [-0.1, -0.05) is 24.3 Å². The summed E-state index contributed by atoms with van der Waals surface area (Å²) in [6.45, 7) is 1.93. The summed E-state index contributed by atoms with van der Waals surface area (Å²) in [5.74, 6) is -1.12. The molecule has 1 saturated heterocycles. The fraction of sp³-hybridized carbons (Fsp3) is 0.190. The fourth-order valence-corrected chi connectivity index (χ4v) is 3.31. The minimum atomic E-state index is -0.550. The van der Waals surface area contributed by atoms with E-state index in [2.05, 4.69) is 10.3 Å². The van der Waals surface area contributed by atoms with E-state index in [-0.39, 0.29) is 30.5 Å². The number of fused-ring (bicyclic) bond motifs is 1. The van der Waals surface area contributed by atoms with Crippen molar-refractivity contribution in [1.29, 1.82) is 0 Å². The Morgan fingerprint density at radius 2 is 2.00 bits per heavy atom. The van der Waals surface area contributed by atoms with Crippen LogP contribution in [0.5, 0.6) is 0 Å². The molecule has 27 heavy (non-hydrogen) atoms. The first-order valence-electron chi connectivity index (χ1n) is 8.74. The summed E-state index contributed by atoms with van der Waals surface area (Å²) in [6, 6.07) is 15.9. The van der Waals surface area contributed by atoms with Gasteiger partial charge in [0, 0.05) is 18.4 Å². The zero-order valence-electron chi connectivity index (χ0n) is 14.8. The number of pyridine rings is 1. The predicted molar refractivity (Wildman–Crippen MR) is 102 cm³/mol. The molecule has 4 rings (SSSR count). The van der Waals surface area contributed by atoms with E-state index in [9.17, 15) is 14.0 Å². The van der Waals surface area contributed by atoms with Gasteiger partial charge in [-0.25, -0.2) is 9.37 Å². The molecule has 1 aliphatic heterocycles. The van der Waals surface area contributed by atoms with Gasteiger partial charge in [-0.3, -0.25) is 9.59 Å². The van der Waals surface area contributed by atoms with Crippen molar-refractivity contribution in [3.63, 3.8) is 0 Å². The van der Waals surface area contributed by atoms with Crippen LogP contribution >= 0.6 is 0 Å². The number of para-hydroxylation sites is 1. The maximum atomic E-state index is 14.2. The summed E-state index contributed by atoms with van der Waals surface area (Å²) in [5, 5.41) is 3.75. The van der Waals surface area contributed by atoms with Crippen LogP contribution < -0.4 is 10.2 Å². The topological polar surface area (TPSA) is 62.3 Å². The van der Waals surface area contributed by atoms with Crippen LogP contribution in [0.1, 0.15) is 12.0 Å². The molecule has 6 heteroatoms. The van der Waals surface area contributed by atoms with Crippen molar-refractivity contribution in [1.82, 2.24) is 4.98 Å². The number of aromatic nitrogens is 1. The average Bonchev–Trinajstić information content (AvgIpc) is 3.03. The standard InChI is InChI=1S/C21H18FN3O2/c1-13-6-8-18(16(22)10-13)25-12-15(11-20(25)26)21(27)24-19-9-7-14-4-2-3-5-17(14)23-19/h2-10,15H,11-12H2,1H3,(H,23,24,27). The smallest absolute Gasteiger partial charge is 0.230 e. The number of carbonyl (C=O) groups excluding carboxylic acids is 2. The lowest BCUT2D eigenvalue weighted by atomic mass is 10.1. The van der Waals surface area contributed by atoms with Gasteiger partial charge in [-0.2, -0.15) is 0 Å². The minimum absolute atomic E-state index is 0.0483. The molecule has 5 nitrogen and oxygen atoms in total. The number of benzene rings is 2. The van der Waals surface area contributed by atoms with E-state index in [1.807, 2.05) is 30.3 Å². The number of amides is 2. The number of carbonyl (C=O) groups is 2. The summed E-state index contributed by atoms with van der Waals surface area (Å²) in [4.78, 5) is 30.7. The van der Waals surface area contributed by atoms with Gasteiger partial charge in [0.1, 0.15) is 11.6 Å². The second-order valence-corrected chi connectivity index (χ2v) is 6.74. The van der Waals surface area contributed by atoms with Gasteiger partial charge in [0.2, 0.25) is 11.8 Å². The van der Waals surface area contributed by atoms with E-state index in [0.717, 1.165) is 16.5 Å². The molecule has 1 aromatic heterocycles. The normalized spacial score (nSPS) is 16.7. The molecule has 0 bridgehead atoms. The number of hydrogen-bond donors (Lipinski definition) is 1. The van der Waals surface area contributed by atoms with E-state index in [1.165, 1.54) is 11.0 Å². The summed E-state index contributed by atoms with van der Waals surface area (Å²) >= 11 is 0. The van der Waals surface area contributed by atoms with Crippen LogP contribution in [0.15, 0.2) is 54.6 Å². The number of halogens is 1. The van der Waals surface area contributed by atoms with Gasteiger partial charge in [0.05, 0.1) is 17.1 Å². The fourth-order valence-electron chi connectivity index (χ4n) is 3.31. The van der Waals surface area contributed by atoms with Crippen LogP contribution in [0.25, 0.3) is 10.9 Å². The monoisotopic (exact) mass is 363 g/mol. The predicted octanol–water partition coefficient (Wildman–Crippen LogP) is 3.67. The largest absolute Gasteiger partial charge is 0.310 e. The Labute approximate surface area is 155 Å². The first-order chi connectivity index (χ1) is 13.0. The van der Waals surface area contributed by atoms with Gasteiger partial charge in [-0.05, 0) is 42.8 Å². The first-order valence-corrected chi connectivity index (χ1v) is 8.74. The lowest BCUT2D eigenvalue weighted by molar-refractivity contribution is -0.122. The van der Waals surface area contributed by atoms with Crippen molar-refractivity contribution in [2.75, 3.05) is 16.8 Å². The lowest BCUT2D eigenvalue weighted by Gasteiger charge is -2.17. The summed E-state index contributed by atoms with van der Waals surface area (Å²) < 4.78 is 14.2. The number of hydrogen-bond acceptors (Lipinski definition) is 3. The summed E-state index contributed by atoms with van der Waals surface area (Å²) in [7, 11) is 0. The summed E-state index contributed by atoms with van der Waals surface area (Å²) in [6.07, 6.45) is 0.0483. The van der Waals surface area contributed by atoms with E-state index < -0.39 is 11.7 Å². The van der Waals surface area contributed by atoms with Crippen LogP contribution in [0.3, 0.4) is 0 Å². The average molecular weight is 363 g/mol. The maximum Gasteiger partial charge on any atom is 0.230 e. The number of anilines is 2. The second kappa shape index (κ2) is 6.79. The molecule has 0 aliphatic carbocycles. The van der Waals surface area contributed by atoms with Crippen LogP contribution in [0.2, 0.25) is 0 Å². The molecular weight excluding hydrogens is 345 g/mol. The Morgan fingerprint density at radius 1 is 1.19 bits per heavy atom. The van der Waals surface area contributed by atoms with Crippen molar-refractivity contribution >= 4 is 34.2 Å². The zero-order valence-corrected chi connectivity index (χ0v) is 14.8. The van der Waals surface area contributed by atoms with Crippen LogP contribution in [0.4, 0.5) is 15.9 Å². The molecular formula is C21H18FN3O2. The molecule has 3 aromatic rings. The third-order valence-corrected chi connectivity index (χ3v) is 4.74. The Morgan fingerprint density at radius 3 is 2.81 bits per heavy atom. The zero-order chi connectivity index (χ0) is 19.0. The van der Waals surface area contributed by atoms with Crippen LogP contribution in [-0.2, 0) is 9.59 Å². The SMILES string of the molecule is Cc1ccc(N2CC(C(=O)Nc3ccc4ccccc4n3)CC2=O)c(F)c1. The van der Waals surface area contributed by atoms with Gasteiger partial charge in [0.25, 0.3) is 0 Å². The molecule has 1 aliphatic rings. The van der Waals surface area contributed by atoms with Gasteiger partial charge < -0.3 is 10.2 Å². The highest BCUT2D eigenvalue weighted by Crippen LogP contribution is 2.28. The Balaban J connectivity index is 1.50. The molecule has 0 spiro atoms. The van der Waals surface area contributed by atoms with Gasteiger partial charge >= 0.3 is 0 Å². The molecule has 2 heterocycles. The Hall–Kier alpha value is -3.28. The number of nitrogens with one attached hydrogen (secondary N) is 1. The number of nitrogens with zero attached hydrogens (tertiary/aromatic N) is 2. The molecule has 1 unspecified atom stereocenters. The Kier molecular flexibility index (Phi) is 4.32. The van der Waals surface area contributed by atoms with Crippen LogP contribution in [-0.4, -0.2) is 23.3 Å². The molecule has 1 N–H and O–H groups in total. The van der Waals surface area contributed by atoms with Gasteiger partial charge in [-0.15, -0.1) is 0 Å². The van der Waals surface area contributed by atoms with Crippen LogP contribution in [0, 0.1) is 18.7 Å². The number of rotatable bonds is 3. The third kappa shape index (κ3) is 3.38. The number of aryl methyl sites for hydroxylation is 1. The molecule has 2 aromatic carbocycles. The van der Waals surface area contributed by atoms with Crippen molar-refractivity contribution in [2.45, 2.75) is 13.3 Å². The highest BCUT2D eigenvalue weighted by Gasteiger charge is 2.36. The molecule has 1 atom stereocenters. The molecule has 0 radical (unpaired) electrons. The summed E-state index contributed by atoms with van der Waals surface area (Å²) in [5.41, 5.74) is 1.77. The molecule has 0 saturated carbocycles. The van der Waals surface area contributed by atoms with E-state index in [1.54, 1.807) is 25.1 Å². The van der Waals surface area contributed by atoms with E-state index in [4.69, 9.17) is 0 Å². The van der Waals surface area contributed by atoms with Crippen molar-refractivity contribution in [2.24, 2.45) is 5.92 Å².